The van der Waals surface area contributed by atoms with Gasteiger partial charge in [-0.05, 0) is 43.7 Å². The molecule has 1 saturated heterocycles. The van der Waals surface area contributed by atoms with Crippen LogP contribution in [0.4, 0.5) is 0 Å². The summed E-state index contributed by atoms with van der Waals surface area (Å²) in [7, 11) is 1.68. The van der Waals surface area contributed by atoms with Crippen molar-refractivity contribution in [2.24, 2.45) is 5.73 Å². The maximum Gasteiger partial charge on any atom is 0.196 e. The van der Waals surface area contributed by atoms with Gasteiger partial charge in [0.15, 0.2) is 5.79 Å². The second-order valence-corrected chi connectivity index (χ2v) is 4.63. The monoisotopic (exact) mass is 251 g/mol. The van der Waals surface area contributed by atoms with Crippen LogP contribution in [0, 0.1) is 13.8 Å². The van der Waals surface area contributed by atoms with Crippen molar-refractivity contribution in [3.8, 4) is 5.75 Å². The van der Waals surface area contributed by atoms with Crippen LogP contribution in [0.25, 0.3) is 0 Å². The van der Waals surface area contributed by atoms with Crippen LogP contribution >= 0.6 is 0 Å². The predicted molar refractivity (Wildman–Crippen MR) is 69.7 cm³/mol. The van der Waals surface area contributed by atoms with Gasteiger partial charge >= 0.3 is 0 Å². The highest BCUT2D eigenvalue weighted by Gasteiger charge is 2.39. The van der Waals surface area contributed by atoms with E-state index in [9.17, 15) is 0 Å². The highest BCUT2D eigenvalue weighted by atomic mass is 16.7. The fourth-order valence-corrected chi connectivity index (χ4v) is 2.50. The number of hydrogen-bond donors (Lipinski definition) is 1. The van der Waals surface area contributed by atoms with Gasteiger partial charge in [-0.2, -0.15) is 0 Å². The molecule has 1 aromatic carbocycles. The summed E-state index contributed by atoms with van der Waals surface area (Å²) in [5.41, 5.74) is 8.93. The normalized spacial score (nSPS) is 18.0. The standard InChI is InChI=1S/C14H21NO3/c1-10-9-13(16-3)11(2)8-12(10)14(4-5-15)17-6-7-18-14/h8-9H,4-7,15H2,1-3H3. The third kappa shape index (κ3) is 2.23. The molecule has 1 fully saturated rings. The maximum atomic E-state index is 5.83. The Labute approximate surface area is 108 Å². The average molecular weight is 251 g/mol. The van der Waals surface area contributed by atoms with Gasteiger partial charge in [0, 0.05) is 12.0 Å². The third-order valence-corrected chi connectivity index (χ3v) is 3.38. The molecule has 0 amide bonds. The van der Waals surface area contributed by atoms with Crippen molar-refractivity contribution < 1.29 is 14.2 Å². The highest BCUT2D eigenvalue weighted by molar-refractivity contribution is 5.43. The maximum absolute atomic E-state index is 5.83. The minimum Gasteiger partial charge on any atom is -0.496 e. The van der Waals surface area contributed by atoms with Gasteiger partial charge in [0.05, 0.1) is 20.3 Å². The molecule has 1 heterocycles. The van der Waals surface area contributed by atoms with Crippen molar-refractivity contribution in [1.29, 1.82) is 0 Å². The van der Waals surface area contributed by atoms with Gasteiger partial charge in [0.25, 0.3) is 0 Å². The van der Waals surface area contributed by atoms with Crippen LogP contribution < -0.4 is 10.5 Å². The van der Waals surface area contributed by atoms with Crippen LogP contribution in [-0.2, 0) is 15.3 Å². The summed E-state index contributed by atoms with van der Waals surface area (Å²) in [6.07, 6.45) is 0.666. The molecule has 0 aliphatic carbocycles. The molecule has 0 aromatic heterocycles. The first-order valence-corrected chi connectivity index (χ1v) is 6.26. The molecule has 0 saturated carbocycles. The van der Waals surface area contributed by atoms with E-state index in [2.05, 4.69) is 6.07 Å². The number of benzene rings is 1. The summed E-state index contributed by atoms with van der Waals surface area (Å²) >= 11 is 0. The van der Waals surface area contributed by atoms with E-state index in [1.807, 2.05) is 19.9 Å². The summed E-state index contributed by atoms with van der Waals surface area (Å²) in [6.45, 7) is 5.83. The first-order valence-electron chi connectivity index (χ1n) is 6.26. The molecule has 0 spiro atoms. The molecule has 0 radical (unpaired) electrons. The molecule has 2 rings (SSSR count). The summed E-state index contributed by atoms with van der Waals surface area (Å²) < 4.78 is 17.0. The number of hydrogen-bond acceptors (Lipinski definition) is 4. The number of ether oxygens (including phenoxy) is 3. The van der Waals surface area contributed by atoms with Gasteiger partial charge in [-0.3, -0.25) is 0 Å². The van der Waals surface area contributed by atoms with E-state index in [1.54, 1.807) is 7.11 Å². The Hall–Kier alpha value is -1.10. The van der Waals surface area contributed by atoms with Crippen LogP contribution in [0.5, 0.6) is 5.75 Å². The Balaban J connectivity index is 2.45. The molecular weight excluding hydrogens is 230 g/mol. The Morgan fingerprint density at radius 2 is 1.89 bits per heavy atom. The molecule has 18 heavy (non-hydrogen) atoms. The van der Waals surface area contributed by atoms with Crippen molar-refractivity contribution >= 4 is 0 Å². The summed E-state index contributed by atoms with van der Waals surface area (Å²) in [5, 5.41) is 0. The lowest BCUT2D eigenvalue weighted by Gasteiger charge is -2.29. The van der Waals surface area contributed by atoms with Gasteiger partial charge < -0.3 is 19.9 Å². The van der Waals surface area contributed by atoms with Crippen molar-refractivity contribution in [1.82, 2.24) is 0 Å². The van der Waals surface area contributed by atoms with Gasteiger partial charge in [-0.15, -0.1) is 0 Å². The predicted octanol–water partition coefficient (Wildman–Crippen LogP) is 1.86. The van der Waals surface area contributed by atoms with E-state index in [-0.39, 0.29) is 0 Å². The fraction of sp³-hybridized carbons (Fsp3) is 0.571. The fourth-order valence-electron chi connectivity index (χ4n) is 2.50. The highest BCUT2D eigenvalue weighted by Crippen LogP contribution is 2.38. The second-order valence-electron chi connectivity index (χ2n) is 4.63. The van der Waals surface area contributed by atoms with Gasteiger partial charge in [-0.25, -0.2) is 0 Å². The minimum atomic E-state index is -0.671. The second kappa shape index (κ2) is 5.26. The largest absolute Gasteiger partial charge is 0.496 e. The molecule has 1 aromatic rings. The molecule has 4 nitrogen and oxygen atoms in total. The number of nitrogens with two attached hydrogens (primary N) is 1. The van der Waals surface area contributed by atoms with E-state index in [1.165, 1.54) is 0 Å². The number of rotatable bonds is 4. The lowest BCUT2D eigenvalue weighted by molar-refractivity contribution is -0.169. The molecular formula is C14H21NO3. The zero-order chi connectivity index (χ0) is 13.2. The molecule has 1 aliphatic rings. The Bertz CT molecular complexity index is 425. The van der Waals surface area contributed by atoms with E-state index in [4.69, 9.17) is 19.9 Å². The third-order valence-electron chi connectivity index (χ3n) is 3.38. The van der Waals surface area contributed by atoms with E-state index >= 15 is 0 Å². The molecule has 1 aliphatic heterocycles. The number of aryl methyl sites for hydroxylation is 2. The summed E-state index contributed by atoms with van der Waals surface area (Å²) in [4.78, 5) is 0. The van der Waals surface area contributed by atoms with Crippen molar-refractivity contribution in [2.75, 3.05) is 26.9 Å². The van der Waals surface area contributed by atoms with Gasteiger partial charge in [0.1, 0.15) is 5.75 Å². The SMILES string of the molecule is COc1cc(C)c(C2(CCN)OCCO2)cc1C. The van der Waals surface area contributed by atoms with E-state index in [0.29, 0.717) is 26.2 Å². The first kappa shape index (κ1) is 13.3. The Morgan fingerprint density at radius 3 is 2.44 bits per heavy atom. The lowest BCUT2D eigenvalue weighted by atomic mass is 9.95. The molecule has 0 unspecified atom stereocenters. The summed E-state index contributed by atoms with van der Waals surface area (Å²) in [6, 6.07) is 4.10. The van der Waals surface area contributed by atoms with Crippen LogP contribution in [0.3, 0.4) is 0 Å². The van der Waals surface area contributed by atoms with Gasteiger partial charge in [0.2, 0.25) is 0 Å². The first-order chi connectivity index (χ1) is 8.63. The van der Waals surface area contributed by atoms with Crippen LogP contribution in [0.15, 0.2) is 12.1 Å². The van der Waals surface area contributed by atoms with Crippen molar-refractivity contribution in [3.05, 3.63) is 28.8 Å². The van der Waals surface area contributed by atoms with E-state index in [0.717, 1.165) is 22.4 Å². The smallest absolute Gasteiger partial charge is 0.196 e. The minimum absolute atomic E-state index is 0.532. The van der Waals surface area contributed by atoms with E-state index < -0.39 is 5.79 Å². The molecule has 0 atom stereocenters. The topological polar surface area (TPSA) is 53.7 Å². The molecule has 4 heteroatoms. The molecule has 2 N–H and O–H groups in total. The van der Waals surface area contributed by atoms with Crippen LogP contribution in [0.1, 0.15) is 23.1 Å². The zero-order valence-corrected chi connectivity index (χ0v) is 11.3. The van der Waals surface area contributed by atoms with Crippen molar-refractivity contribution in [3.63, 3.8) is 0 Å². The van der Waals surface area contributed by atoms with Crippen molar-refractivity contribution in [2.45, 2.75) is 26.1 Å². The quantitative estimate of drug-likeness (QED) is 0.887. The zero-order valence-electron chi connectivity index (χ0n) is 11.3. The van der Waals surface area contributed by atoms with Crippen LogP contribution in [-0.4, -0.2) is 26.9 Å². The Kier molecular flexibility index (Phi) is 3.90. The average Bonchev–Trinajstić information content (AvgIpc) is 2.81. The van der Waals surface area contributed by atoms with Gasteiger partial charge in [-0.1, -0.05) is 0 Å². The Morgan fingerprint density at radius 1 is 1.22 bits per heavy atom. The molecule has 100 valence electrons. The van der Waals surface area contributed by atoms with Crippen LogP contribution in [0.2, 0.25) is 0 Å². The molecule has 0 bridgehead atoms. The summed E-state index contributed by atoms with van der Waals surface area (Å²) in [5.74, 6) is 0.215. The number of methoxy groups -OCH3 is 1. The lowest BCUT2D eigenvalue weighted by Crippen LogP contribution is -2.31.